The van der Waals surface area contributed by atoms with E-state index in [2.05, 4.69) is 4.98 Å². The fraction of sp³-hybridized carbons (Fsp3) is 0.273. The van der Waals surface area contributed by atoms with Crippen molar-refractivity contribution in [3.05, 3.63) is 77.6 Å². The molecule has 0 saturated carbocycles. The topological polar surface area (TPSA) is 112 Å². The molecule has 1 aromatic carbocycles. The molecule has 2 aromatic rings. The summed E-state index contributed by atoms with van der Waals surface area (Å²) in [6.07, 6.45) is 3.95. The van der Waals surface area contributed by atoms with Gasteiger partial charge in [-0.25, -0.2) is 14.5 Å². The summed E-state index contributed by atoms with van der Waals surface area (Å²) in [6.45, 7) is 0.527. The van der Waals surface area contributed by atoms with Crippen LogP contribution in [-0.2, 0) is 30.3 Å². The summed E-state index contributed by atoms with van der Waals surface area (Å²) in [5.41, 5.74) is 6.51. The SMILES string of the molecule is NC(=O)C1=CC(=O)OC2(CCCN2[C@@H](Cc2ccccn2)c2ccccc2)OC1=O. The minimum absolute atomic E-state index is 0.278. The number of ether oxygens (including phenoxy) is 2. The van der Waals surface area contributed by atoms with Gasteiger partial charge in [0.05, 0.1) is 0 Å². The molecule has 1 aromatic heterocycles. The van der Waals surface area contributed by atoms with Gasteiger partial charge >= 0.3 is 17.8 Å². The molecule has 154 valence electrons. The average Bonchev–Trinajstić information content (AvgIpc) is 3.07. The van der Waals surface area contributed by atoms with Crippen LogP contribution < -0.4 is 5.73 Å². The molecule has 0 aliphatic carbocycles. The summed E-state index contributed by atoms with van der Waals surface area (Å²) in [7, 11) is 0. The second-order valence-electron chi connectivity index (χ2n) is 7.19. The van der Waals surface area contributed by atoms with Gasteiger partial charge in [0, 0.05) is 43.4 Å². The molecule has 30 heavy (non-hydrogen) atoms. The number of carbonyl (C=O) groups is 3. The van der Waals surface area contributed by atoms with Gasteiger partial charge in [0.2, 0.25) is 0 Å². The molecule has 0 bridgehead atoms. The molecule has 8 heteroatoms. The van der Waals surface area contributed by atoms with E-state index in [1.807, 2.05) is 53.4 Å². The fourth-order valence-corrected chi connectivity index (χ4v) is 3.96. The number of nitrogens with two attached hydrogens (primary N) is 1. The number of aromatic nitrogens is 1. The summed E-state index contributed by atoms with van der Waals surface area (Å²) in [5, 5.41) is 0. The molecule has 2 N–H and O–H groups in total. The third-order valence-electron chi connectivity index (χ3n) is 5.28. The van der Waals surface area contributed by atoms with Crippen LogP contribution in [0.1, 0.15) is 30.1 Å². The maximum absolute atomic E-state index is 12.6. The average molecular weight is 407 g/mol. The Morgan fingerprint density at radius 3 is 2.60 bits per heavy atom. The van der Waals surface area contributed by atoms with E-state index in [0.717, 1.165) is 17.3 Å². The zero-order valence-electron chi connectivity index (χ0n) is 16.2. The van der Waals surface area contributed by atoms with Crippen LogP contribution >= 0.6 is 0 Å². The number of benzene rings is 1. The van der Waals surface area contributed by atoms with Crippen molar-refractivity contribution in [1.82, 2.24) is 9.88 Å². The van der Waals surface area contributed by atoms with E-state index >= 15 is 0 Å². The van der Waals surface area contributed by atoms with Crippen LogP contribution in [0.25, 0.3) is 0 Å². The van der Waals surface area contributed by atoms with E-state index in [-0.39, 0.29) is 12.5 Å². The number of likely N-dealkylation sites (tertiary alicyclic amines) is 1. The van der Waals surface area contributed by atoms with E-state index in [4.69, 9.17) is 15.2 Å². The van der Waals surface area contributed by atoms with Gasteiger partial charge in [-0.2, -0.15) is 0 Å². The normalized spacial score (nSPS) is 22.7. The van der Waals surface area contributed by atoms with Crippen LogP contribution in [0.5, 0.6) is 0 Å². The van der Waals surface area contributed by atoms with Crippen molar-refractivity contribution in [2.45, 2.75) is 31.2 Å². The molecule has 1 fully saturated rings. The highest BCUT2D eigenvalue weighted by Gasteiger charge is 2.53. The lowest BCUT2D eigenvalue weighted by Crippen LogP contribution is -2.52. The van der Waals surface area contributed by atoms with Gasteiger partial charge < -0.3 is 15.2 Å². The van der Waals surface area contributed by atoms with Gasteiger partial charge in [-0.05, 0) is 24.1 Å². The Kier molecular flexibility index (Phi) is 5.33. The molecule has 3 heterocycles. The minimum Gasteiger partial charge on any atom is -0.405 e. The van der Waals surface area contributed by atoms with Crippen molar-refractivity contribution in [3.8, 4) is 0 Å². The van der Waals surface area contributed by atoms with Crippen LogP contribution in [0, 0.1) is 0 Å². The highest BCUT2D eigenvalue weighted by molar-refractivity contribution is 6.19. The maximum Gasteiger partial charge on any atom is 0.348 e. The molecule has 2 atom stereocenters. The largest absolute Gasteiger partial charge is 0.405 e. The standard InChI is InChI=1S/C22H21N3O5/c23-20(27)17-14-19(26)29-22(30-21(17)28)10-6-12-25(22)18(15-7-2-1-3-8-15)13-16-9-4-5-11-24-16/h1-5,7-9,11,14,18H,6,10,12-13H2,(H2,23,27)/t18-,22?/m0/s1. The number of esters is 2. The zero-order chi connectivity index (χ0) is 21.1. The number of nitrogens with zero attached hydrogens (tertiary/aromatic N) is 2. The number of amides is 1. The van der Waals surface area contributed by atoms with Gasteiger partial charge in [0.15, 0.2) is 0 Å². The Balaban J connectivity index is 1.72. The monoisotopic (exact) mass is 407 g/mol. The molecular weight excluding hydrogens is 386 g/mol. The molecule has 1 saturated heterocycles. The van der Waals surface area contributed by atoms with Gasteiger partial charge in [0.1, 0.15) is 5.57 Å². The number of carbonyl (C=O) groups excluding carboxylic acids is 3. The van der Waals surface area contributed by atoms with E-state index in [1.54, 1.807) is 6.20 Å². The van der Waals surface area contributed by atoms with Crippen molar-refractivity contribution in [2.75, 3.05) is 6.54 Å². The Bertz CT molecular complexity index is 992. The van der Waals surface area contributed by atoms with Crippen LogP contribution in [-0.4, -0.2) is 40.2 Å². The number of hydrogen-bond acceptors (Lipinski definition) is 7. The third-order valence-corrected chi connectivity index (χ3v) is 5.28. The minimum atomic E-state index is -1.61. The Morgan fingerprint density at radius 2 is 1.90 bits per heavy atom. The van der Waals surface area contributed by atoms with Crippen LogP contribution in [0.3, 0.4) is 0 Å². The first-order chi connectivity index (χ1) is 14.5. The second-order valence-corrected chi connectivity index (χ2v) is 7.19. The lowest BCUT2D eigenvalue weighted by atomic mass is 9.99. The van der Waals surface area contributed by atoms with Gasteiger partial charge in [0.25, 0.3) is 5.91 Å². The lowest BCUT2D eigenvalue weighted by Gasteiger charge is -2.40. The maximum atomic E-state index is 12.6. The number of rotatable bonds is 5. The quantitative estimate of drug-likeness (QED) is 0.592. The van der Waals surface area contributed by atoms with E-state index in [0.29, 0.717) is 19.4 Å². The van der Waals surface area contributed by atoms with E-state index in [9.17, 15) is 14.4 Å². The molecular formula is C22H21N3O5. The summed E-state index contributed by atoms with van der Waals surface area (Å²) in [4.78, 5) is 42.8. The van der Waals surface area contributed by atoms with Gasteiger partial charge in [-0.15, -0.1) is 0 Å². The molecule has 4 rings (SSSR count). The van der Waals surface area contributed by atoms with Crippen molar-refractivity contribution in [1.29, 1.82) is 0 Å². The fourth-order valence-electron chi connectivity index (χ4n) is 3.96. The molecule has 1 unspecified atom stereocenters. The van der Waals surface area contributed by atoms with Gasteiger partial charge in [-0.1, -0.05) is 36.4 Å². The first-order valence-corrected chi connectivity index (χ1v) is 9.68. The van der Waals surface area contributed by atoms with E-state index in [1.165, 1.54) is 0 Å². The van der Waals surface area contributed by atoms with Crippen LogP contribution in [0.15, 0.2) is 66.4 Å². The second kappa shape index (κ2) is 8.08. The first-order valence-electron chi connectivity index (χ1n) is 9.68. The van der Waals surface area contributed by atoms with Crippen molar-refractivity contribution >= 4 is 17.8 Å². The lowest BCUT2D eigenvalue weighted by molar-refractivity contribution is -0.277. The van der Waals surface area contributed by atoms with Gasteiger partial charge in [-0.3, -0.25) is 9.78 Å². The zero-order valence-corrected chi connectivity index (χ0v) is 16.2. The highest BCUT2D eigenvalue weighted by atomic mass is 16.8. The Labute approximate surface area is 173 Å². The molecule has 1 spiro atoms. The first kappa shape index (κ1) is 19.8. The molecule has 0 radical (unpaired) electrons. The predicted octanol–water partition coefficient (Wildman–Crippen LogP) is 1.63. The third kappa shape index (κ3) is 3.81. The van der Waals surface area contributed by atoms with Crippen LogP contribution in [0.4, 0.5) is 0 Å². The smallest absolute Gasteiger partial charge is 0.348 e. The molecule has 2 aliphatic heterocycles. The van der Waals surface area contributed by atoms with Crippen molar-refractivity contribution in [3.63, 3.8) is 0 Å². The van der Waals surface area contributed by atoms with Crippen molar-refractivity contribution < 1.29 is 23.9 Å². The molecule has 1 amide bonds. The number of hydrogen-bond donors (Lipinski definition) is 1. The Hall–Kier alpha value is -3.52. The molecule has 2 aliphatic rings. The predicted molar refractivity (Wildman–Crippen MR) is 105 cm³/mol. The Morgan fingerprint density at radius 1 is 1.13 bits per heavy atom. The summed E-state index contributed by atoms with van der Waals surface area (Å²) in [5.74, 6) is -4.46. The summed E-state index contributed by atoms with van der Waals surface area (Å²) >= 11 is 0. The number of pyridine rings is 1. The van der Waals surface area contributed by atoms with Crippen LogP contribution in [0.2, 0.25) is 0 Å². The summed E-state index contributed by atoms with van der Waals surface area (Å²) < 4.78 is 11.2. The van der Waals surface area contributed by atoms with E-state index < -0.39 is 29.3 Å². The number of primary amides is 1. The summed E-state index contributed by atoms with van der Waals surface area (Å²) in [6, 6.07) is 15.1. The molecule has 8 nitrogen and oxygen atoms in total. The highest BCUT2D eigenvalue weighted by Crippen LogP contribution is 2.41. The van der Waals surface area contributed by atoms with Crippen molar-refractivity contribution in [2.24, 2.45) is 5.73 Å².